The predicted octanol–water partition coefficient (Wildman–Crippen LogP) is 0.338. The van der Waals surface area contributed by atoms with Gasteiger partial charge in [-0.15, -0.1) is 11.3 Å². The molecule has 6 nitrogen and oxygen atoms in total. The van der Waals surface area contributed by atoms with Crippen LogP contribution in [0.4, 0.5) is 0 Å². The first-order chi connectivity index (χ1) is 8.76. The number of aliphatic hydroxyl groups is 1. The summed E-state index contributed by atoms with van der Waals surface area (Å²) in [6.07, 6.45) is 3.43. The zero-order chi connectivity index (χ0) is 13.0. The number of imidazole rings is 1. The molecule has 0 radical (unpaired) electrons. The summed E-state index contributed by atoms with van der Waals surface area (Å²) in [5, 5.41) is 12.0. The van der Waals surface area contributed by atoms with Crippen LogP contribution in [-0.2, 0) is 6.54 Å². The van der Waals surface area contributed by atoms with E-state index in [0.717, 1.165) is 16.4 Å². The van der Waals surface area contributed by atoms with E-state index in [0.29, 0.717) is 13.1 Å². The fourth-order valence-corrected chi connectivity index (χ4v) is 2.82. The topological polar surface area (TPSA) is 91.1 Å². The molecule has 4 N–H and O–H groups in total. The molecule has 0 spiro atoms. The summed E-state index contributed by atoms with van der Waals surface area (Å²) >= 11 is 1.57. The summed E-state index contributed by atoms with van der Waals surface area (Å²) in [4.78, 5) is 13.7. The number of thiazole rings is 1. The Bertz CT molecular complexity index is 469. The van der Waals surface area contributed by atoms with Gasteiger partial charge in [0, 0.05) is 24.7 Å². The Morgan fingerprint density at radius 1 is 1.61 bits per heavy atom. The van der Waals surface area contributed by atoms with E-state index in [9.17, 15) is 0 Å². The lowest BCUT2D eigenvalue weighted by molar-refractivity contribution is 0.195. The van der Waals surface area contributed by atoms with Gasteiger partial charge in [0.25, 0.3) is 0 Å². The van der Waals surface area contributed by atoms with Crippen molar-refractivity contribution in [3.63, 3.8) is 0 Å². The second-order valence-electron chi connectivity index (χ2n) is 3.99. The summed E-state index contributed by atoms with van der Waals surface area (Å²) in [5.41, 5.74) is 7.44. The molecule has 2 aromatic rings. The maximum absolute atomic E-state index is 9.08. The van der Waals surface area contributed by atoms with Crippen LogP contribution in [0.2, 0.25) is 0 Å². The summed E-state index contributed by atoms with van der Waals surface area (Å²) in [6.45, 7) is 1.12. The molecule has 0 fully saturated rings. The monoisotopic (exact) mass is 267 g/mol. The van der Waals surface area contributed by atoms with E-state index in [1.807, 2.05) is 17.3 Å². The highest BCUT2D eigenvalue weighted by Gasteiger charge is 2.23. The van der Waals surface area contributed by atoms with Crippen LogP contribution in [0.1, 0.15) is 22.4 Å². The number of aromatic nitrogens is 3. The number of hydrogen-bond acceptors (Lipinski definition) is 6. The third-order valence-corrected chi connectivity index (χ3v) is 3.67. The Kier molecular flexibility index (Phi) is 4.43. The fourth-order valence-electron chi connectivity index (χ4n) is 1.80. The van der Waals surface area contributed by atoms with Crippen molar-refractivity contribution in [1.82, 2.24) is 19.9 Å². The third kappa shape index (κ3) is 2.75. The second kappa shape index (κ2) is 6.05. The number of hydrogen-bond donors (Lipinski definition) is 3. The number of nitrogens with two attached hydrogens (primary N) is 1. The van der Waals surface area contributed by atoms with Gasteiger partial charge in [-0.25, -0.2) is 9.97 Å². The second-order valence-corrected chi connectivity index (χ2v) is 4.88. The molecule has 0 amide bonds. The number of nitrogens with zero attached hydrogens (tertiary/aromatic N) is 3. The molecule has 2 aromatic heterocycles. The number of likely N-dealkylation sites (N-methyl/N-ethyl adjacent to an activating group) is 1. The van der Waals surface area contributed by atoms with Gasteiger partial charge in [-0.3, -0.25) is 4.90 Å². The van der Waals surface area contributed by atoms with E-state index in [4.69, 9.17) is 10.8 Å². The molecule has 0 aliphatic carbocycles. The van der Waals surface area contributed by atoms with Gasteiger partial charge >= 0.3 is 0 Å². The number of nitrogens with one attached hydrogen (secondary N) is 1. The van der Waals surface area contributed by atoms with Gasteiger partial charge < -0.3 is 15.8 Å². The van der Waals surface area contributed by atoms with Crippen LogP contribution in [0.25, 0.3) is 0 Å². The average molecular weight is 267 g/mol. The van der Waals surface area contributed by atoms with Crippen molar-refractivity contribution in [2.45, 2.75) is 12.6 Å². The maximum atomic E-state index is 9.08. The standard InChI is InChI=1S/C11H17N5OS/c1-16(2-3-17)10(9-5-13-7-14-9)11-15-8(4-12)6-18-11/h5-7,10,17H,2-4,12H2,1H3,(H,13,14). The minimum absolute atomic E-state index is 0.0232. The molecule has 0 aliphatic rings. The number of rotatable bonds is 6. The summed E-state index contributed by atoms with van der Waals surface area (Å²) < 4.78 is 0. The van der Waals surface area contributed by atoms with Gasteiger partial charge in [-0.05, 0) is 7.05 Å². The van der Waals surface area contributed by atoms with Crippen LogP contribution in [0, 0.1) is 0 Å². The van der Waals surface area contributed by atoms with Gasteiger partial charge in [0.05, 0.1) is 24.3 Å². The number of H-pyrrole nitrogens is 1. The van der Waals surface area contributed by atoms with Crippen molar-refractivity contribution in [1.29, 1.82) is 0 Å². The Labute approximate surface area is 109 Å². The Hall–Kier alpha value is -1.28. The van der Waals surface area contributed by atoms with Crippen molar-refractivity contribution in [3.8, 4) is 0 Å². The van der Waals surface area contributed by atoms with Crippen molar-refractivity contribution in [2.24, 2.45) is 5.73 Å². The van der Waals surface area contributed by atoms with Gasteiger partial charge in [0.2, 0.25) is 0 Å². The van der Waals surface area contributed by atoms with Gasteiger partial charge in [-0.1, -0.05) is 0 Å². The molecule has 0 aliphatic heterocycles. The Morgan fingerprint density at radius 3 is 3.00 bits per heavy atom. The molecular weight excluding hydrogens is 250 g/mol. The van der Waals surface area contributed by atoms with Crippen molar-refractivity contribution in [2.75, 3.05) is 20.2 Å². The average Bonchev–Trinajstić information content (AvgIpc) is 3.01. The van der Waals surface area contributed by atoms with Crippen LogP contribution in [-0.4, -0.2) is 45.2 Å². The van der Waals surface area contributed by atoms with Crippen LogP contribution in [0.5, 0.6) is 0 Å². The summed E-state index contributed by atoms with van der Waals surface area (Å²) in [5.74, 6) is 0. The normalized spacial score (nSPS) is 13.1. The van der Waals surface area contributed by atoms with Gasteiger partial charge in [0.1, 0.15) is 11.0 Å². The minimum Gasteiger partial charge on any atom is -0.395 e. The zero-order valence-corrected chi connectivity index (χ0v) is 11.0. The minimum atomic E-state index is -0.0232. The lowest BCUT2D eigenvalue weighted by Crippen LogP contribution is -2.28. The van der Waals surface area contributed by atoms with Crippen LogP contribution < -0.4 is 5.73 Å². The molecule has 0 saturated heterocycles. The van der Waals surface area contributed by atoms with Gasteiger partial charge in [0.15, 0.2) is 0 Å². The largest absolute Gasteiger partial charge is 0.395 e. The van der Waals surface area contributed by atoms with E-state index in [2.05, 4.69) is 15.0 Å². The molecule has 0 saturated carbocycles. The number of aromatic amines is 1. The number of aliphatic hydroxyl groups excluding tert-OH is 1. The Morgan fingerprint density at radius 2 is 2.44 bits per heavy atom. The first kappa shape index (κ1) is 13.2. The quantitative estimate of drug-likeness (QED) is 0.702. The molecule has 7 heteroatoms. The molecule has 2 heterocycles. The summed E-state index contributed by atoms with van der Waals surface area (Å²) in [6, 6.07) is -0.0232. The molecule has 1 unspecified atom stereocenters. The highest BCUT2D eigenvalue weighted by molar-refractivity contribution is 7.09. The Balaban J connectivity index is 2.29. The fraction of sp³-hybridized carbons (Fsp3) is 0.455. The zero-order valence-electron chi connectivity index (χ0n) is 10.2. The first-order valence-electron chi connectivity index (χ1n) is 5.70. The molecule has 0 aromatic carbocycles. The van der Waals surface area contributed by atoms with Crippen LogP contribution in [0.15, 0.2) is 17.9 Å². The van der Waals surface area contributed by atoms with E-state index < -0.39 is 0 Å². The van der Waals surface area contributed by atoms with E-state index in [1.54, 1.807) is 23.9 Å². The molecule has 18 heavy (non-hydrogen) atoms. The molecule has 98 valence electrons. The highest BCUT2D eigenvalue weighted by atomic mass is 32.1. The van der Waals surface area contributed by atoms with E-state index in [1.165, 1.54) is 0 Å². The van der Waals surface area contributed by atoms with Crippen LogP contribution in [0.3, 0.4) is 0 Å². The van der Waals surface area contributed by atoms with Crippen molar-refractivity contribution < 1.29 is 5.11 Å². The smallest absolute Gasteiger partial charge is 0.116 e. The summed E-state index contributed by atoms with van der Waals surface area (Å²) in [7, 11) is 1.95. The van der Waals surface area contributed by atoms with E-state index in [-0.39, 0.29) is 12.6 Å². The molecular formula is C11H17N5OS. The first-order valence-corrected chi connectivity index (χ1v) is 6.58. The molecule has 1 atom stereocenters. The van der Waals surface area contributed by atoms with Crippen molar-refractivity contribution >= 4 is 11.3 Å². The third-order valence-electron chi connectivity index (χ3n) is 2.72. The SMILES string of the molecule is CN(CCO)C(c1cnc[nH]1)c1nc(CN)cs1. The maximum Gasteiger partial charge on any atom is 0.116 e. The van der Waals surface area contributed by atoms with Gasteiger partial charge in [-0.2, -0.15) is 0 Å². The lowest BCUT2D eigenvalue weighted by Gasteiger charge is -2.24. The lowest BCUT2D eigenvalue weighted by atomic mass is 10.2. The van der Waals surface area contributed by atoms with E-state index >= 15 is 0 Å². The molecule has 0 bridgehead atoms. The molecule has 2 rings (SSSR count). The predicted molar refractivity (Wildman–Crippen MR) is 70.2 cm³/mol. The van der Waals surface area contributed by atoms with Crippen LogP contribution >= 0.6 is 11.3 Å². The van der Waals surface area contributed by atoms with Crippen molar-refractivity contribution in [3.05, 3.63) is 34.3 Å². The highest BCUT2D eigenvalue weighted by Crippen LogP contribution is 2.28.